The molecule has 3 nitrogen and oxygen atoms in total. The maximum Gasteiger partial charge on any atom is 0.137 e. The Morgan fingerprint density at radius 1 is 1.00 bits per heavy atom. The summed E-state index contributed by atoms with van der Waals surface area (Å²) >= 11 is 17.9. The minimum Gasteiger partial charge on any atom is -0.378 e. The summed E-state index contributed by atoms with van der Waals surface area (Å²) in [6.45, 7) is 0.570. The Morgan fingerprint density at radius 2 is 1.80 bits per heavy atom. The van der Waals surface area contributed by atoms with Gasteiger partial charge >= 0.3 is 0 Å². The van der Waals surface area contributed by atoms with Gasteiger partial charge in [-0.2, -0.15) is 0 Å². The molecule has 0 fully saturated rings. The van der Waals surface area contributed by atoms with Gasteiger partial charge in [-0.15, -0.1) is 0 Å². The minimum absolute atomic E-state index is 0.570. The van der Waals surface area contributed by atoms with Gasteiger partial charge in [0.1, 0.15) is 5.65 Å². The van der Waals surface area contributed by atoms with E-state index in [4.69, 9.17) is 34.8 Å². The fourth-order valence-electron chi connectivity index (χ4n) is 1.92. The molecule has 0 spiro atoms. The van der Waals surface area contributed by atoms with Crippen molar-refractivity contribution in [2.45, 2.75) is 6.54 Å². The molecule has 0 radical (unpaired) electrons. The Balaban J connectivity index is 1.79. The molecule has 0 saturated carbocycles. The predicted molar refractivity (Wildman–Crippen MR) is 84.0 cm³/mol. The largest absolute Gasteiger partial charge is 0.378 e. The third-order valence-electron chi connectivity index (χ3n) is 2.86. The van der Waals surface area contributed by atoms with Crippen molar-refractivity contribution >= 4 is 46.1 Å². The Kier molecular flexibility index (Phi) is 3.74. The molecule has 1 aromatic carbocycles. The zero-order valence-electron chi connectivity index (χ0n) is 10.3. The molecule has 3 aromatic rings. The Bertz CT molecular complexity index is 767. The van der Waals surface area contributed by atoms with Crippen molar-refractivity contribution in [3.63, 3.8) is 0 Å². The third-order valence-corrected chi connectivity index (χ3v) is 3.63. The van der Waals surface area contributed by atoms with Gasteiger partial charge in [-0.1, -0.05) is 34.8 Å². The first-order valence-corrected chi connectivity index (χ1v) is 7.07. The van der Waals surface area contributed by atoms with E-state index in [9.17, 15) is 0 Å². The molecule has 2 heterocycles. The zero-order chi connectivity index (χ0) is 14.1. The molecule has 0 aliphatic carbocycles. The number of benzene rings is 1. The van der Waals surface area contributed by atoms with Crippen LogP contribution in [-0.2, 0) is 6.54 Å². The predicted octanol–water partition coefficient (Wildman–Crippen LogP) is 4.91. The second-order valence-electron chi connectivity index (χ2n) is 4.32. The highest BCUT2D eigenvalue weighted by molar-refractivity contribution is 6.36. The van der Waals surface area contributed by atoms with Crippen molar-refractivity contribution in [1.82, 2.24) is 9.38 Å². The molecule has 0 aliphatic heterocycles. The fourth-order valence-corrected chi connectivity index (χ4v) is 2.56. The lowest BCUT2D eigenvalue weighted by molar-refractivity contribution is 1.08. The normalized spacial score (nSPS) is 10.9. The summed E-state index contributed by atoms with van der Waals surface area (Å²) in [5.74, 6) is 0. The summed E-state index contributed by atoms with van der Waals surface area (Å²) in [5, 5.41) is 5.11. The van der Waals surface area contributed by atoms with Gasteiger partial charge in [0.05, 0.1) is 28.0 Å². The van der Waals surface area contributed by atoms with Crippen molar-refractivity contribution in [3.05, 3.63) is 63.5 Å². The fraction of sp³-hybridized carbons (Fsp3) is 0.0714. The summed E-state index contributed by atoms with van der Waals surface area (Å²) < 4.78 is 1.89. The van der Waals surface area contributed by atoms with Gasteiger partial charge in [0.2, 0.25) is 0 Å². The topological polar surface area (TPSA) is 29.3 Å². The number of anilines is 1. The van der Waals surface area contributed by atoms with Crippen LogP contribution in [0.2, 0.25) is 15.1 Å². The maximum absolute atomic E-state index is 6.11. The summed E-state index contributed by atoms with van der Waals surface area (Å²) in [7, 11) is 0. The van der Waals surface area contributed by atoms with E-state index in [-0.39, 0.29) is 0 Å². The van der Waals surface area contributed by atoms with E-state index >= 15 is 0 Å². The second-order valence-corrected chi connectivity index (χ2v) is 5.60. The lowest BCUT2D eigenvalue weighted by atomic mass is 10.3. The summed E-state index contributed by atoms with van der Waals surface area (Å²) in [5.41, 5.74) is 2.58. The van der Waals surface area contributed by atoms with Gasteiger partial charge in [0.15, 0.2) is 0 Å². The van der Waals surface area contributed by atoms with Crippen molar-refractivity contribution in [2.24, 2.45) is 0 Å². The van der Waals surface area contributed by atoms with E-state index in [0.717, 1.165) is 17.0 Å². The van der Waals surface area contributed by atoms with Crippen LogP contribution in [0.15, 0.2) is 42.7 Å². The smallest absolute Gasteiger partial charge is 0.137 e. The number of nitrogens with zero attached hydrogens (tertiary/aromatic N) is 2. The van der Waals surface area contributed by atoms with Gasteiger partial charge in [-0.3, -0.25) is 0 Å². The number of nitrogens with one attached hydrogen (secondary N) is 1. The van der Waals surface area contributed by atoms with E-state index in [0.29, 0.717) is 21.6 Å². The van der Waals surface area contributed by atoms with Crippen molar-refractivity contribution in [2.75, 3.05) is 5.32 Å². The molecule has 0 saturated heterocycles. The first-order chi connectivity index (χ1) is 9.61. The minimum atomic E-state index is 0.570. The van der Waals surface area contributed by atoms with E-state index < -0.39 is 0 Å². The van der Waals surface area contributed by atoms with E-state index in [1.54, 1.807) is 12.1 Å². The number of aromatic nitrogens is 2. The number of rotatable bonds is 3. The van der Waals surface area contributed by atoms with Gasteiger partial charge in [0, 0.05) is 17.4 Å². The number of hydrogen-bond acceptors (Lipinski definition) is 2. The molecule has 0 aliphatic rings. The molecule has 6 heteroatoms. The summed E-state index contributed by atoms with van der Waals surface area (Å²) in [4.78, 5) is 4.49. The lowest BCUT2D eigenvalue weighted by Crippen LogP contribution is -2.00. The monoisotopic (exact) mass is 325 g/mol. The SMILES string of the molecule is Clc1ccc(NCc2cn3cc(Cl)ccc3n2)c(Cl)c1. The number of halogens is 3. The molecule has 0 unspecified atom stereocenters. The molecule has 102 valence electrons. The summed E-state index contributed by atoms with van der Waals surface area (Å²) in [6, 6.07) is 9.03. The first kappa shape index (κ1) is 13.6. The molecular formula is C14H10Cl3N3. The van der Waals surface area contributed by atoms with Gasteiger partial charge in [-0.05, 0) is 30.3 Å². The zero-order valence-corrected chi connectivity index (χ0v) is 12.5. The quantitative estimate of drug-likeness (QED) is 0.741. The van der Waals surface area contributed by atoms with Gasteiger partial charge in [-0.25, -0.2) is 4.98 Å². The third kappa shape index (κ3) is 2.85. The molecule has 1 N–H and O–H groups in total. The summed E-state index contributed by atoms with van der Waals surface area (Å²) in [6.07, 6.45) is 3.75. The Hall–Kier alpha value is -1.42. The highest BCUT2D eigenvalue weighted by Crippen LogP contribution is 2.25. The molecule has 20 heavy (non-hydrogen) atoms. The van der Waals surface area contributed by atoms with Crippen LogP contribution in [0.25, 0.3) is 5.65 Å². The lowest BCUT2D eigenvalue weighted by Gasteiger charge is -2.06. The molecule has 0 atom stereocenters. The molecule has 2 aromatic heterocycles. The number of hydrogen-bond donors (Lipinski definition) is 1. The van der Waals surface area contributed by atoms with Crippen LogP contribution in [0.5, 0.6) is 0 Å². The Morgan fingerprint density at radius 3 is 2.60 bits per heavy atom. The number of fused-ring (bicyclic) bond motifs is 1. The van der Waals surface area contributed by atoms with Crippen LogP contribution in [0.3, 0.4) is 0 Å². The van der Waals surface area contributed by atoms with Gasteiger partial charge < -0.3 is 9.72 Å². The Labute approximate surface area is 131 Å². The van der Waals surface area contributed by atoms with E-state index in [1.165, 1.54) is 0 Å². The molecule has 0 amide bonds. The van der Waals surface area contributed by atoms with Crippen molar-refractivity contribution < 1.29 is 0 Å². The second kappa shape index (κ2) is 5.52. The average molecular weight is 327 g/mol. The van der Waals surface area contributed by atoms with Crippen LogP contribution >= 0.6 is 34.8 Å². The molecular weight excluding hydrogens is 317 g/mol. The van der Waals surface area contributed by atoms with Crippen LogP contribution in [-0.4, -0.2) is 9.38 Å². The van der Waals surface area contributed by atoms with Gasteiger partial charge in [0.25, 0.3) is 0 Å². The van der Waals surface area contributed by atoms with Crippen LogP contribution in [0.1, 0.15) is 5.69 Å². The van der Waals surface area contributed by atoms with E-state index in [2.05, 4.69) is 10.3 Å². The maximum atomic E-state index is 6.11. The average Bonchev–Trinajstić information content (AvgIpc) is 2.79. The molecule has 3 rings (SSSR count). The number of imidazole rings is 1. The van der Waals surface area contributed by atoms with E-state index in [1.807, 2.05) is 35.0 Å². The molecule has 0 bridgehead atoms. The van der Waals surface area contributed by atoms with Crippen LogP contribution in [0.4, 0.5) is 5.69 Å². The highest BCUT2D eigenvalue weighted by atomic mass is 35.5. The van der Waals surface area contributed by atoms with Crippen LogP contribution < -0.4 is 5.32 Å². The highest BCUT2D eigenvalue weighted by Gasteiger charge is 2.04. The first-order valence-electron chi connectivity index (χ1n) is 5.94. The number of pyridine rings is 1. The van der Waals surface area contributed by atoms with Crippen molar-refractivity contribution in [3.8, 4) is 0 Å². The van der Waals surface area contributed by atoms with Crippen LogP contribution in [0, 0.1) is 0 Å². The standard InChI is InChI=1S/C14H10Cl3N3/c15-9-1-3-13(12(17)5-9)18-6-11-8-20-7-10(16)2-4-14(20)19-11/h1-5,7-8,18H,6H2. The van der Waals surface area contributed by atoms with Crippen molar-refractivity contribution in [1.29, 1.82) is 0 Å².